The monoisotopic (exact) mass is 669 g/mol. The van der Waals surface area contributed by atoms with Crippen molar-refractivity contribution in [3.63, 3.8) is 0 Å². The fourth-order valence-corrected chi connectivity index (χ4v) is 7.84. The van der Waals surface area contributed by atoms with Crippen LogP contribution in [-0.4, -0.2) is 76.5 Å². The summed E-state index contributed by atoms with van der Waals surface area (Å²) in [6.45, 7) is 6.51. The highest BCUT2D eigenvalue weighted by molar-refractivity contribution is 7.18. The van der Waals surface area contributed by atoms with Gasteiger partial charge < -0.3 is 24.4 Å². The largest absolute Gasteiger partial charge is 0.383 e. The van der Waals surface area contributed by atoms with Gasteiger partial charge in [0.1, 0.15) is 27.6 Å². The van der Waals surface area contributed by atoms with Crippen molar-refractivity contribution >= 4 is 39.1 Å². The van der Waals surface area contributed by atoms with Crippen LogP contribution in [0.4, 0.5) is 4.39 Å². The first-order valence-electron chi connectivity index (χ1n) is 15.9. The molecule has 0 radical (unpaired) electrons. The lowest BCUT2D eigenvalue weighted by atomic mass is 9.83. The summed E-state index contributed by atoms with van der Waals surface area (Å²) in [4.78, 5) is 23.7. The number of nitrogens with one attached hydrogen (secondary N) is 1. The molecule has 4 heterocycles. The standard InChI is InChI=1S/C33H37ClFN5O5S/c1-19-16-36-17-24(34)27(19)28-23(30(45-39-28)20-2-3-20)18-44-22-4-6-33(42,7-5-22)32-38-29-25(35)14-21(15-26(29)46-32)31(41)37-8-9-40-10-12-43-13-11-40/h14-17,20,22,42H,2-13,18H2,1H3,(H,37,41)/t22-,33+. The molecule has 3 aliphatic rings. The molecule has 1 amide bonds. The van der Waals surface area contributed by atoms with Crippen molar-refractivity contribution in [1.82, 2.24) is 25.3 Å². The van der Waals surface area contributed by atoms with Crippen LogP contribution in [0.15, 0.2) is 29.0 Å². The van der Waals surface area contributed by atoms with Crippen LogP contribution in [0, 0.1) is 12.7 Å². The number of ether oxygens (including phenoxy) is 2. The number of aryl methyl sites for hydroxylation is 1. The normalized spacial score (nSPS) is 22.4. The van der Waals surface area contributed by atoms with Crippen molar-refractivity contribution < 1.29 is 28.3 Å². The number of halogens is 2. The number of benzene rings is 1. The maximum Gasteiger partial charge on any atom is 0.251 e. The zero-order chi connectivity index (χ0) is 31.8. The summed E-state index contributed by atoms with van der Waals surface area (Å²) in [6, 6.07) is 2.88. The van der Waals surface area contributed by atoms with Crippen LogP contribution >= 0.6 is 22.9 Å². The lowest BCUT2D eigenvalue weighted by Crippen LogP contribution is -2.41. The number of thiazole rings is 1. The topological polar surface area (TPSA) is 123 Å². The molecule has 3 aromatic heterocycles. The molecule has 244 valence electrons. The SMILES string of the molecule is Cc1cncc(Cl)c1-c1noc(C2CC2)c1CO[C@H]1CC[C@](O)(c2nc3c(F)cc(C(=O)NCCN4CCOCC4)cc3s2)CC1. The molecular formula is C33H37ClFN5O5S. The Labute approximate surface area is 275 Å². The number of aliphatic hydroxyl groups is 1. The average Bonchev–Trinajstić information content (AvgIpc) is 3.65. The van der Waals surface area contributed by atoms with Crippen LogP contribution in [0.1, 0.15) is 76.7 Å². The smallest absolute Gasteiger partial charge is 0.251 e. The summed E-state index contributed by atoms with van der Waals surface area (Å²) in [5.74, 6) is 0.302. The number of amides is 1. The first-order chi connectivity index (χ1) is 22.3. The van der Waals surface area contributed by atoms with Gasteiger partial charge >= 0.3 is 0 Å². The van der Waals surface area contributed by atoms with E-state index >= 15 is 4.39 Å². The number of nitrogens with zero attached hydrogens (tertiary/aromatic N) is 4. The minimum atomic E-state index is -1.19. The summed E-state index contributed by atoms with van der Waals surface area (Å²) in [6.07, 6.45) is 7.49. The van der Waals surface area contributed by atoms with E-state index in [-0.39, 0.29) is 23.1 Å². The summed E-state index contributed by atoms with van der Waals surface area (Å²) in [5, 5.41) is 19.9. The van der Waals surface area contributed by atoms with Crippen molar-refractivity contribution in [2.45, 2.75) is 69.7 Å². The first-order valence-corrected chi connectivity index (χ1v) is 17.1. The third-order valence-electron chi connectivity index (χ3n) is 9.24. The fourth-order valence-electron chi connectivity index (χ4n) is 6.38. The highest BCUT2D eigenvalue weighted by atomic mass is 35.5. The molecule has 3 fully saturated rings. The van der Waals surface area contributed by atoms with Gasteiger partial charge in [0.2, 0.25) is 0 Å². The second kappa shape index (κ2) is 13.2. The number of morpholine rings is 1. The molecule has 13 heteroatoms. The Morgan fingerprint density at radius 3 is 2.74 bits per heavy atom. The van der Waals surface area contributed by atoms with Crippen molar-refractivity contribution in [2.24, 2.45) is 0 Å². The van der Waals surface area contributed by atoms with Crippen LogP contribution < -0.4 is 5.32 Å². The molecule has 1 aromatic carbocycles. The first kappa shape index (κ1) is 31.6. The second-order valence-corrected chi connectivity index (χ2v) is 14.0. The van der Waals surface area contributed by atoms with Crippen molar-refractivity contribution in [2.75, 3.05) is 39.4 Å². The van der Waals surface area contributed by atoms with Gasteiger partial charge in [-0.05, 0) is 63.1 Å². The van der Waals surface area contributed by atoms with E-state index < -0.39 is 11.4 Å². The van der Waals surface area contributed by atoms with E-state index in [2.05, 4.69) is 25.3 Å². The number of pyridine rings is 1. The Morgan fingerprint density at radius 2 is 2.00 bits per heavy atom. The van der Waals surface area contributed by atoms with Gasteiger partial charge in [0.25, 0.3) is 5.91 Å². The Kier molecular flexibility index (Phi) is 9.10. The quantitative estimate of drug-likeness (QED) is 0.218. The van der Waals surface area contributed by atoms with Crippen LogP contribution in [-0.2, 0) is 21.7 Å². The van der Waals surface area contributed by atoms with Gasteiger partial charge in [-0.15, -0.1) is 11.3 Å². The molecular weight excluding hydrogens is 633 g/mol. The minimum Gasteiger partial charge on any atom is -0.383 e. The second-order valence-electron chi connectivity index (χ2n) is 12.5. The molecule has 1 aliphatic heterocycles. The molecule has 46 heavy (non-hydrogen) atoms. The van der Waals surface area contributed by atoms with E-state index in [9.17, 15) is 9.90 Å². The van der Waals surface area contributed by atoms with Gasteiger partial charge in [-0.25, -0.2) is 9.37 Å². The van der Waals surface area contributed by atoms with E-state index in [1.165, 1.54) is 17.4 Å². The number of carbonyl (C=O) groups excluding carboxylic acids is 1. The predicted molar refractivity (Wildman–Crippen MR) is 172 cm³/mol. The van der Waals surface area contributed by atoms with Crippen molar-refractivity contribution in [1.29, 1.82) is 0 Å². The Morgan fingerprint density at radius 1 is 1.22 bits per heavy atom. The number of hydrogen-bond donors (Lipinski definition) is 2. The fraction of sp³-hybridized carbons (Fsp3) is 0.515. The van der Waals surface area contributed by atoms with E-state index in [0.717, 1.165) is 48.4 Å². The zero-order valence-corrected chi connectivity index (χ0v) is 27.3. The van der Waals surface area contributed by atoms with Crippen LogP contribution in [0.3, 0.4) is 0 Å². The number of hydrogen-bond acceptors (Lipinski definition) is 10. The van der Waals surface area contributed by atoms with E-state index in [0.29, 0.717) is 84.9 Å². The van der Waals surface area contributed by atoms with Crippen molar-refractivity contribution in [3.05, 3.63) is 62.8 Å². The Hall–Kier alpha value is -3.00. The number of carbonyl (C=O) groups is 1. The van der Waals surface area contributed by atoms with Gasteiger partial charge in [-0.3, -0.25) is 14.7 Å². The number of aromatic nitrogens is 3. The molecule has 2 N–H and O–H groups in total. The molecule has 0 spiro atoms. The van der Waals surface area contributed by atoms with Gasteiger partial charge in [0, 0.05) is 61.2 Å². The summed E-state index contributed by atoms with van der Waals surface area (Å²) < 4.78 is 33.2. The predicted octanol–water partition coefficient (Wildman–Crippen LogP) is 5.73. The molecule has 2 aliphatic carbocycles. The van der Waals surface area contributed by atoms with Crippen LogP contribution in [0.25, 0.3) is 21.5 Å². The van der Waals surface area contributed by atoms with Gasteiger partial charge in [-0.2, -0.15) is 0 Å². The van der Waals surface area contributed by atoms with Gasteiger partial charge in [-0.1, -0.05) is 16.8 Å². The third-order valence-corrected chi connectivity index (χ3v) is 10.7. The molecule has 0 bridgehead atoms. The van der Waals surface area contributed by atoms with Crippen LogP contribution in [0.2, 0.25) is 5.02 Å². The van der Waals surface area contributed by atoms with Gasteiger partial charge in [0.05, 0.1) is 35.6 Å². The Bertz CT molecular complexity index is 1710. The van der Waals surface area contributed by atoms with E-state index in [1.807, 2.05) is 6.92 Å². The maximum absolute atomic E-state index is 15.1. The van der Waals surface area contributed by atoms with Crippen molar-refractivity contribution in [3.8, 4) is 11.3 Å². The summed E-state index contributed by atoms with van der Waals surface area (Å²) in [7, 11) is 0. The highest BCUT2D eigenvalue weighted by Crippen LogP contribution is 2.46. The maximum atomic E-state index is 15.1. The third kappa shape index (κ3) is 6.56. The number of rotatable bonds is 10. The average molecular weight is 670 g/mol. The Balaban J connectivity index is 0.995. The van der Waals surface area contributed by atoms with E-state index in [4.69, 9.17) is 25.6 Å². The molecule has 2 saturated carbocycles. The lowest BCUT2D eigenvalue weighted by molar-refractivity contribution is -0.0641. The van der Waals surface area contributed by atoms with E-state index in [1.54, 1.807) is 18.5 Å². The molecule has 4 aromatic rings. The summed E-state index contributed by atoms with van der Waals surface area (Å²) in [5.41, 5.74) is 2.56. The number of fused-ring (bicyclic) bond motifs is 1. The molecule has 10 nitrogen and oxygen atoms in total. The molecule has 7 rings (SSSR count). The molecule has 1 saturated heterocycles. The lowest BCUT2D eigenvalue weighted by Gasteiger charge is -2.34. The zero-order valence-electron chi connectivity index (χ0n) is 25.7. The summed E-state index contributed by atoms with van der Waals surface area (Å²) >= 11 is 7.76. The minimum absolute atomic E-state index is 0.0806. The van der Waals surface area contributed by atoms with Crippen LogP contribution in [0.5, 0.6) is 0 Å². The highest BCUT2D eigenvalue weighted by Gasteiger charge is 2.39. The molecule has 0 atom stereocenters. The molecule has 0 unspecified atom stereocenters. The van der Waals surface area contributed by atoms with Gasteiger partial charge in [0.15, 0.2) is 5.82 Å².